The van der Waals surface area contributed by atoms with E-state index in [1.165, 1.54) is 0 Å². The van der Waals surface area contributed by atoms with Crippen molar-refractivity contribution in [1.29, 1.82) is 0 Å². The summed E-state index contributed by atoms with van der Waals surface area (Å²) in [4.78, 5) is 24.7. The third kappa shape index (κ3) is 2.76. The number of amides is 1. The fourth-order valence-electron chi connectivity index (χ4n) is 2.29. The summed E-state index contributed by atoms with van der Waals surface area (Å²) >= 11 is 0. The summed E-state index contributed by atoms with van der Waals surface area (Å²) in [5, 5.41) is 8.99. The molecule has 5 heteroatoms. The van der Waals surface area contributed by atoms with Crippen molar-refractivity contribution in [3.8, 4) is 0 Å². The van der Waals surface area contributed by atoms with Crippen molar-refractivity contribution in [2.24, 2.45) is 5.73 Å². The number of carbonyl (C=O) groups excluding carboxylic acids is 1. The minimum absolute atomic E-state index is 0.0612. The molecule has 0 bridgehead atoms. The van der Waals surface area contributed by atoms with Gasteiger partial charge in [0.25, 0.3) is 0 Å². The van der Waals surface area contributed by atoms with Crippen LogP contribution in [0.2, 0.25) is 0 Å². The first kappa shape index (κ1) is 13.5. The summed E-state index contributed by atoms with van der Waals surface area (Å²) in [6.07, 6.45) is 1.36. The van der Waals surface area contributed by atoms with Crippen molar-refractivity contribution in [2.75, 3.05) is 6.54 Å². The number of carbonyl (C=O) groups is 2. The molecule has 0 spiro atoms. The molecule has 0 radical (unpaired) electrons. The highest BCUT2D eigenvalue weighted by atomic mass is 16.4. The van der Waals surface area contributed by atoms with Crippen LogP contribution in [0.4, 0.5) is 0 Å². The average Bonchev–Trinajstić information content (AvgIpc) is 2.44. The summed E-state index contributed by atoms with van der Waals surface area (Å²) in [5.74, 6) is -1.01. The summed E-state index contributed by atoms with van der Waals surface area (Å²) in [5.41, 5.74) is 8.03. The lowest BCUT2D eigenvalue weighted by molar-refractivity contribution is -0.133. The molecule has 19 heavy (non-hydrogen) atoms. The van der Waals surface area contributed by atoms with E-state index in [9.17, 15) is 9.59 Å². The van der Waals surface area contributed by atoms with Crippen LogP contribution in [0.1, 0.15) is 34.8 Å². The van der Waals surface area contributed by atoms with E-state index in [2.05, 4.69) is 0 Å². The highest BCUT2D eigenvalue weighted by molar-refractivity contribution is 5.88. The van der Waals surface area contributed by atoms with E-state index in [1.807, 2.05) is 13.0 Å². The highest BCUT2D eigenvalue weighted by Gasteiger charge is 2.24. The molecule has 1 aromatic carbocycles. The number of nitrogens with zero attached hydrogens (tertiary/aromatic N) is 1. The number of hydrogen-bond donors (Lipinski definition) is 2. The number of rotatable bonds is 3. The lowest BCUT2D eigenvalue weighted by atomic mass is 9.97. The van der Waals surface area contributed by atoms with E-state index in [0.29, 0.717) is 19.5 Å². The van der Waals surface area contributed by atoms with Gasteiger partial charge in [-0.3, -0.25) is 4.79 Å². The van der Waals surface area contributed by atoms with Gasteiger partial charge in [0.05, 0.1) is 11.6 Å². The Kier molecular flexibility index (Phi) is 3.85. The molecule has 1 heterocycles. The second-order valence-electron chi connectivity index (χ2n) is 4.81. The zero-order valence-corrected chi connectivity index (χ0v) is 10.9. The smallest absolute Gasteiger partial charge is 0.335 e. The molecule has 1 aliphatic rings. The predicted octanol–water partition coefficient (Wildman–Crippen LogP) is 1.01. The molecule has 0 saturated heterocycles. The third-order valence-electron chi connectivity index (χ3n) is 3.53. The zero-order chi connectivity index (χ0) is 14.0. The van der Waals surface area contributed by atoms with E-state index in [1.54, 1.807) is 17.0 Å². The molecule has 1 aromatic rings. The Morgan fingerprint density at radius 3 is 2.79 bits per heavy atom. The predicted molar refractivity (Wildman–Crippen MR) is 70.8 cm³/mol. The molecule has 102 valence electrons. The molecule has 1 atom stereocenters. The molecule has 0 unspecified atom stereocenters. The number of benzene rings is 1. The number of carboxylic acid groups (broad SMARTS) is 1. The number of aromatic carboxylic acids is 1. The molecule has 0 aliphatic carbocycles. The Hall–Kier alpha value is -1.88. The zero-order valence-electron chi connectivity index (χ0n) is 10.9. The van der Waals surface area contributed by atoms with Gasteiger partial charge in [0, 0.05) is 13.1 Å². The van der Waals surface area contributed by atoms with Crippen LogP contribution in [0.15, 0.2) is 18.2 Å². The van der Waals surface area contributed by atoms with E-state index < -0.39 is 12.0 Å². The second-order valence-corrected chi connectivity index (χ2v) is 4.81. The fourth-order valence-corrected chi connectivity index (χ4v) is 2.29. The van der Waals surface area contributed by atoms with E-state index in [0.717, 1.165) is 17.5 Å². The number of nitrogens with two attached hydrogens (primary N) is 1. The SMILES string of the molecule is CC[C@H](N)C(=O)N1CCc2ccc(C(=O)O)cc2C1. The van der Waals surface area contributed by atoms with Gasteiger partial charge in [-0.2, -0.15) is 0 Å². The van der Waals surface area contributed by atoms with E-state index in [-0.39, 0.29) is 11.5 Å². The molecule has 1 aliphatic heterocycles. The quantitative estimate of drug-likeness (QED) is 0.851. The van der Waals surface area contributed by atoms with Crippen molar-refractivity contribution in [1.82, 2.24) is 4.90 Å². The van der Waals surface area contributed by atoms with Crippen LogP contribution in [0.3, 0.4) is 0 Å². The van der Waals surface area contributed by atoms with Crippen LogP contribution >= 0.6 is 0 Å². The largest absolute Gasteiger partial charge is 0.478 e. The minimum atomic E-state index is -0.948. The Balaban J connectivity index is 2.20. The van der Waals surface area contributed by atoms with Crippen LogP contribution in [0, 0.1) is 0 Å². The van der Waals surface area contributed by atoms with Gasteiger partial charge in [-0.15, -0.1) is 0 Å². The van der Waals surface area contributed by atoms with Crippen LogP contribution in [0.5, 0.6) is 0 Å². The van der Waals surface area contributed by atoms with E-state index >= 15 is 0 Å². The molecule has 3 N–H and O–H groups in total. The summed E-state index contributed by atoms with van der Waals surface area (Å²) in [6, 6.07) is 4.62. The maximum absolute atomic E-state index is 12.0. The van der Waals surface area contributed by atoms with Crippen LogP contribution in [-0.2, 0) is 17.8 Å². The lowest BCUT2D eigenvalue weighted by Crippen LogP contribution is -2.45. The van der Waals surface area contributed by atoms with Crippen LogP contribution < -0.4 is 5.73 Å². The monoisotopic (exact) mass is 262 g/mol. The second kappa shape index (κ2) is 5.40. The van der Waals surface area contributed by atoms with Gasteiger partial charge >= 0.3 is 5.97 Å². The molecule has 0 aromatic heterocycles. The Labute approximate surface area is 112 Å². The summed E-state index contributed by atoms with van der Waals surface area (Å²) < 4.78 is 0. The number of hydrogen-bond acceptors (Lipinski definition) is 3. The molecular weight excluding hydrogens is 244 g/mol. The normalized spacial score (nSPS) is 15.8. The fraction of sp³-hybridized carbons (Fsp3) is 0.429. The molecule has 0 fully saturated rings. The van der Waals surface area contributed by atoms with Gasteiger partial charge in [-0.1, -0.05) is 13.0 Å². The first-order valence-electron chi connectivity index (χ1n) is 6.42. The van der Waals surface area contributed by atoms with Gasteiger partial charge in [-0.25, -0.2) is 4.79 Å². The minimum Gasteiger partial charge on any atom is -0.478 e. The van der Waals surface area contributed by atoms with Crippen LogP contribution in [0.25, 0.3) is 0 Å². The molecule has 0 saturated carbocycles. The first-order chi connectivity index (χ1) is 9.02. The maximum atomic E-state index is 12.0. The Morgan fingerprint density at radius 2 is 2.16 bits per heavy atom. The van der Waals surface area contributed by atoms with Crippen molar-refractivity contribution in [3.63, 3.8) is 0 Å². The Morgan fingerprint density at radius 1 is 1.42 bits per heavy atom. The number of fused-ring (bicyclic) bond motifs is 1. The van der Waals surface area contributed by atoms with Crippen LogP contribution in [-0.4, -0.2) is 34.5 Å². The van der Waals surface area contributed by atoms with Crippen molar-refractivity contribution in [2.45, 2.75) is 32.4 Å². The Bertz CT molecular complexity index is 513. The summed E-state index contributed by atoms with van der Waals surface area (Å²) in [7, 11) is 0. The average molecular weight is 262 g/mol. The molecular formula is C14H18N2O3. The van der Waals surface area contributed by atoms with Crippen molar-refractivity contribution >= 4 is 11.9 Å². The topological polar surface area (TPSA) is 83.6 Å². The molecule has 1 amide bonds. The third-order valence-corrected chi connectivity index (χ3v) is 3.53. The van der Waals surface area contributed by atoms with Crippen molar-refractivity contribution in [3.05, 3.63) is 34.9 Å². The van der Waals surface area contributed by atoms with Gasteiger partial charge < -0.3 is 15.7 Å². The first-order valence-corrected chi connectivity index (χ1v) is 6.42. The lowest BCUT2D eigenvalue weighted by Gasteiger charge is -2.30. The molecule has 5 nitrogen and oxygen atoms in total. The maximum Gasteiger partial charge on any atom is 0.335 e. The standard InChI is InChI=1S/C14H18N2O3/c1-2-12(15)13(17)16-6-5-9-3-4-10(14(18)19)7-11(9)8-16/h3-4,7,12H,2,5-6,8,15H2,1H3,(H,18,19)/t12-/m0/s1. The summed E-state index contributed by atoms with van der Waals surface area (Å²) in [6.45, 7) is 2.97. The molecule has 2 rings (SSSR count). The highest BCUT2D eigenvalue weighted by Crippen LogP contribution is 2.21. The van der Waals surface area contributed by atoms with Gasteiger partial charge in [0.15, 0.2) is 0 Å². The van der Waals surface area contributed by atoms with Gasteiger partial charge in [0.1, 0.15) is 0 Å². The van der Waals surface area contributed by atoms with Crippen molar-refractivity contribution < 1.29 is 14.7 Å². The van der Waals surface area contributed by atoms with E-state index in [4.69, 9.17) is 10.8 Å². The number of carboxylic acids is 1. The van der Waals surface area contributed by atoms with Gasteiger partial charge in [-0.05, 0) is 36.1 Å². The van der Waals surface area contributed by atoms with Gasteiger partial charge in [0.2, 0.25) is 5.91 Å².